The van der Waals surface area contributed by atoms with E-state index in [1.165, 1.54) is 0 Å². The van der Waals surface area contributed by atoms with Crippen LogP contribution in [0.5, 0.6) is 0 Å². The zero-order chi connectivity index (χ0) is 51.6. The second-order valence-electron chi connectivity index (χ2n) is 16.1. The van der Waals surface area contributed by atoms with Gasteiger partial charge in [-0.25, -0.2) is 0 Å². The summed E-state index contributed by atoms with van der Waals surface area (Å²) in [5, 5.41) is 2.85. The van der Waals surface area contributed by atoms with Gasteiger partial charge in [-0.3, -0.25) is 0 Å². The summed E-state index contributed by atoms with van der Waals surface area (Å²) < 4.78 is 162. The molecule has 0 fully saturated rings. The Bertz CT molecular complexity index is 2680. The standard InChI is InChI=1S/2C26H19F6.C2H6Si.2ClH.Zr/c2*1-2-6-16-11-18-9-10-22(17-7-4-3-5-8-17)24(23(18)12-16)19-13-20(25(27,28)29)15-21(14-19)26(30,31)32;1-3-2;;;/h2*3-5,7-15H,2,6H2,1H3;1-2H3;2*1H;/q2*-1;;;;+4/p-2. The van der Waals surface area contributed by atoms with Crippen molar-refractivity contribution in [1.29, 1.82) is 0 Å². The first-order valence-corrected chi connectivity index (χ1v) is 30.0. The summed E-state index contributed by atoms with van der Waals surface area (Å²) in [4.78, 5) is 0. The van der Waals surface area contributed by atoms with Gasteiger partial charge < -0.3 is 0 Å². The van der Waals surface area contributed by atoms with Crippen LogP contribution in [0.25, 0.3) is 66.1 Å². The molecule has 0 saturated heterocycles. The second-order valence-corrected chi connectivity index (χ2v) is 20.8. The number of benzene rings is 6. The zero-order valence-electron chi connectivity index (χ0n) is 38.0. The van der Waals surface area contributed by atoms with E-state index in [2.05, 4.69) is 13.1 Å². The van der Waals surface area contributed by atoms with E-state index in [9.17, 15) is 52.7 Å². The number of alkyl halides is 12. The first kappa shape index (κ1) is 56.3. The molecule has 366 valence electrons. The third-order valence-corrected chi connectivity index (χ3v) is 10.9. The Morgan fingerprint density at radius 1 is 0.429 bits per heavy atom. The number of fused-ring (bicyclic) bond motifs is 2. The molecule has 70 heavy (non-hydrogen) atoms. The molecule has 0 spiro atoms. The van der Waals surface area contributed by atoms with Gasteiger partial charge in [0.05, 0.1) is 22.3 Å². The topological polar surface area (TPSA) is 0 Å². The second kappa shape index (κ2) is 24.2. The normalized spacial score (nSPS) is 11.8. The zero-order valence-corrected chi connectivity index (χ0v) is 42.9. The Balaban J connectivity index is 0.000000235. The average molecular weight is 1110 g/mol. The van der Waals surface area contributed by atoms with Crippen LogP contribution in [0, 0.1) is 0 Å². The van der Waals surface area contributed by atoms with Crippen molar-refractivity contribution in [2.45, 2.75) is 77.3 Å². The van der Waals surface area contributed by atoms with E-state index in [4.69, 9.17) is 17.0 Å². The maximum absolute atomic E-state index is 13.5. The van der Waals surface area contributed by atoms with E-state index in [1.807, 2.05) is 50.2 Å². The molecule has 0 atom stereocenters. The molecule has 0 saturated carbocycles. The Morgan fingerprint density at radius 3 is 0.971 bits per heavy atom. The van der Waals surface area contributed by atoms with Gasteiger partial charge in [-0.1, -0.05) is 124 Å². The molecule has 2 radical (unpaired) electrons. The van der Waals surface area contributed by atoms with Crippen molar-refractivity contribution in [3.05, 3.63) is 179 Å². The van der Waals surface area contributed by atoms with E-state index in [-0.39, 0.29) is 23.3 Å². The van der Waals surface area contributed by atoms with Crippen LogP contribution in [-0.2, 0) is 58.4 Å². The van der Waals surface area contributed by atoms with Crippen LogP contribution in [0.1, 0.15) is 60.1 Å². The number of hydrogen-bond acceptors (Lipinski definition) is 0. The Morgan fingerprint density at radius 2 is 0.714 bits per heavy atom. The molecule has 8 rings (SSSR count). The first-order valence-electron chi connectivity index (χ1n) is 21.7. The fourth-order valence-electron chi connectivity index (χ4n) is 8.09. The molecule has 0 bridgehead atoms. The summed E-state index contributed by atoms with van der Waals surface area (Å²) in [6.45, 7) is 8.33. The molecule has 0 nitrogen and oxygen atoms in total. The van der Waals surface area contributed by atoms with E-state index < -0.39 is 67.8 Å². The van der Waals surface area contributed by atoms with E-state index >= 15 is 0 Å². The van der Waals surface area contributed by atoms with Gasteiger partial charge in [-0.2, -0.15) is 64.8 Å². The molecular formula is C54H44Cl2F12SiZr. The van der Waals surface area contributed by atoms with Gasteiger partial charge in [0.15, 0.2) is 0 Å². The molecule has 0 aliphatic heterocycles. The number of hydrogen-bond donors (Lipinski definition) is 0. The predicted molar refractivity (Wildman–Crippen MR) is 258 cm³/mol. The fourth-order valence-corrected chi connectivity index (χ4v) is 8.09. The van der Waals surface area contributed by atoms with Crippen molar-refractivity contribution in [2.24, 2.45) is 0 Å². The SMILES string of the molecule is CCCc1cc2c(-c3cc(C(F)(F)F)cc(C(F)(F)F)c3)c(-c3ccccc3)ccc2[cH-]1.CCCc1cc2c(-c3cc(C(F)(F)F)cc(C(F)(F)F)c3)c(-c3ccccc3)ccc2[cH-]1.C[Si]C.[Cl][Zr+2][Cl]. The van der Waals surface area contributed by atoms with Gasteiger partial charge >= 0.3 is 62.6 Å². The summed E-state index contributed by atoms with van der Waals surface area (Å²) in [7, 11) is 11.0. The van der Waals surface area contributed by atoms with Crippen LogP contribution in [0.15, 0.2) is 146 Å². The molecule has 0 aliphatic rings. The third kappa shape index (κ3) is 14.3. The first-order chi connectivity index (χ1) is 33.0. The van der Waals surface area contributed by atoms with Gasteiger partial charge in [0.25, 0.3) is 0 Å². The summed E-state index contributed by atoms with van der Waals surface area (Å²) in [6.07, 6.45) is -16.3. The average Bonchev–Trinajstić information content (AvgIpc) is 3.92. The molecule has 0 heterocycles. The number of rotatable bonds is 8. The number of halogens is 14. The molecule has 16 heteroatoms. The molecule has 0 aliphatic carbocycles. The quantitative estimate of drug-likeness (QED) is 0.0808. The van der Waals surface area contributed by atoms with Crippen LogP contribution in [-0.4, -0.2) is 9.52 Å². The van der Waals surface area contributed by atoms with Crippen molar-refractivity contribution < 1.29 is 73.5 Å². The van der Waals surface area contributed by atoms with E-state index in [1.54, 1.807) is 72.8 Å². The minimum absolute atomic E-state index is 0.106. The van der Waals surface area contributed by atoms with Gasteiger partial charge in [-0.15, -0.1) is 56.9 Å². The monoisotopic (exact) mass is 1110 g/mol. The molecule has 0 N–H and O–H groups in total. The van der Waals surface area contributed by atoms with Crippen LogP contribution >= 0.6 is 17.0 Å². The fraction of sp³-hybridized carbons (Fsp3) is 0.222. The molecule has 8 aromatic rings. The Hall–Kier alpha value is -4.62. The third-order valence-electron chi connectivity index (χ3n) is 10.9. The Kier molecular flexibility index (Phi) is 19.5. The molecule has 8 aromatic carbocycles. The van der Waals surface area contributed by atoms with E-state index in [0.29, 0.717) is 44.2 Å². The van der Waals surface area contributed by atoms with Gasteiger partial charge in [0, 0.05) is 9.52 Å². The Labute approximate surface area is 419 Å². The van der Waals surface area contributed by atoms with Crippen LogP contribution in [0.2, 0.25) is 13.1 Å². The molecule has 0 amide bonds. The van der Waals surface area contributed by atoms with Crippen LogP contribution in [0.3, 0.4) is 0 Å². The summed E-state index contributed by atoms with van der Waals surface area (Å²) >= 11 is -0.826. The predicted octanol–water partition coefficient (Wildman–Crippen LogP) is 19.9. The van der Waals surface area contributed by atoms with E-state index in [0.717, 1.165) is 81.4 Å². The van der Waals surface area contributed by atoms with Crippen molar-refractivity contribution in [3.8, 4) is 44.5 Å². The summed E-state index contributed by atoms with van der Waals surface area (Å²) in [5.74, 6) is 0. The van der Waals surface area contributed by atoms with Gasteiger partial charge in [-0.05, 0) is 82.6 Å². The van der Waals surface area contributed by atoms with Crippen molar-refractivity contribution >= 4 is 48.1 Å². The molecule has 0 aromatic heterocycles. The summed E-state index contributed by atoms with van der Waals surface area (Å²) in [5.41, 5.74) is -0.167. The van der Waals surface area contributed by atoms with Crippen LogP contribution < -0.4 is 0 Å². The number of aryl methyl sites for hydroxylation is 2. The van der Waals surface area contributed by atoms with Crippen molar-refractivity contribution in [1.82, 2.24) is 0 Å². The van der Waals surface area contributed by atoms with Crippen molar-refractivity contribution in [3.63, 3.8) is 0 Å². The van der Waals surface area contributed by atoms with Gasteiger partial charge in [0.2, 0.25) is 0 Å². The summed E-state index contributed by atoms with van der Waals surface area (Å²) in [6, 6.07) is 36.3. The van der Waals surface area contributed by atoms with Crippen molar-refractivity contribution in [2.75, 3.05) is 0 Å². The van der Waals surface area contributed by atoms with Gasteiger partial charge in [0.1, 0.15) is 0 Å². The maximum atomic E-state index is 13.5. The molecular weight excluding hydrogens is 1070 g/mol. The van der Waals surface area contributed by atoms with Crippen LogP contribution in [0.4, 0.5) is 52.7 Å². The molecule has 0 unspecified atom stereocenters. The minimum atomic E-state index is -4.91.